The summed E-state index contributed by atoms with van der Waals surface area (Å²) in [6.07, 6.45) is 2.68. The second-order valence-corrected chi connectivity index (χ2v) is 1.89. The van der Waals surface area contributed by atoms with Crippen molar-refractivity contribution >= 4 is 17.1 Å². The Balaban J connectivity index is 3.05. The van der Waals surface area contributed by atoms with Crippen molar-refractivity contribution in [3.8, 4) is 0 Å². The van der Waals surface area contributed by atoms with Crippen LogP contribution in [0.25, 0.3) is 0 Å². The highest BCUT2D eigenvalue weighted by Crippen LogP contribution is 1.82. The van der Waals surface area contributed by atoms with Crippen LogP contribution < -0.4 is 0 Å². The molecule has 0 nitrogen and oxygen atoms in total. The summed E-state index contributed by atoms with van der Waals surface area (Å²) in [6.45, 7) is 5.43. The molecule has 0 spiro atoms. The van der Waals surface area contributed by atoms with Gasteiger partial charge in [0.15, 0.2) is 0 Å². The summed E-state index contributed by atoms with van der Waals surface area (Å²) in [7, 11) is 0. The fourth-order valence-corrected chi connectivity index (χ4v) is 0.321. The minimum atomic E-state index is 0.870. The quantitative estimate of drug-likeness (QED) is 0.377. The molecule has 0 fully saturated rings. The van der Waals surface area contributed by atoms with Gasteiger partial charge in [0.25, 0.3) is 0 Å². The van der Waals surface area contributed by atoms with Crippen LogP contribution >= 0.6 is 12.2 Å². The molecule has 0 aliphatic rings. The SMILES string of the molecule is C=CCC(C)=S. The van der Waals surface area contributed by atoms with E-state index in [1.165, 1.54) is 0 Å². The predicted octanol–water partition coefficient (Wildman–Crippen LogP) is 1.95. The van der Waals surface area contributed by atoms with E-state index in [0.717, 1.165) is 11.3 Å². The van der Waals surface area contributed by atoms with Crippen molar-refractivity contribution < 1.29 is 0 Å². The molecule has 0 aromatic heterocycles. The molecule has 0 heterocycles. The molecule has 0 aliphatic carbocycles. The molecule has 1 heteroatoms. The van der Waals surface area contributed by atoms with E-state index >= 15 is 0 Å². The molecule has 0 aliphatic heterocycles. The normalized spacial score (nSPS) is 7.50. The molecule has 0 N–H and O–H groups in total. The fraction of sp³-hybridized carbons (Fsp3) is 0.400. The molecular weight excluding hydrogens is 92.1 g/mol. The van der Waals surface area contributed by atoms with Gasteiger partial charge in [-0.05, 0) is 18.2 Å². The lowest BCUT2D eigenvalue weighted by Crippen LogP contribution is -1.77. The summed E-state index contributed by atoms with van der Waals surface area (Å²) in [5, 5.41) is 0. The molecule has 0 aromatic carbocycles. The zero-order chi connectivity index (χ0) is 4.99. The Labute approximate surface area is 43.9 Å². The van der Waals surface area contributed by atoms with E-state index in [2.05, 4.69) is 6.58 Å². The van der Waals surface area contributed by atoms with E-state index in [1.54, 1.807) is 0 Å². The van der Waals surface area contributed by atoms with Crippen LogP contribution in [0.5, 0.6) is 0 Å². The maximum absolute atomic E-state index is 4.72. The van der Waals surface area contributed by atoms with Crippen molar-refractivity contribution in [2.75, 3.05) is 0 Å². The van der Waals surface area contributed by atoms with Crippen molar-refractivity contribution in [1.29, 1.82) is 0 Å². The van der Waals surface area contributed by atoms with Crippen molar-refractivity contribution in [1.82, 2.24) is 0 Å². The largest absolute Gasteiger partial charge is 0.103 e. The number of allylic oxidation sites excluding steroid dienone is 1. The second kappa shape index (κ2) is 3.04. The molecular formula is C5H8S. The van der Waals surface area contributed by atoms with Crippen LogP contribution in [-0.4, -0.2) is 4.86 Å². The third kappa shape index (κ3) is 3.83. The average molecular weight is 100 g/mol. The number of hydrogen-bond acceptors (Lipinski definition) is 1. The summed E-state index contributed by atoms with van der Waals surface area (Å²) in [5.74, 6) is 0. The van der Waals surface area contributed by atoms with Gasteiger partial charge in [-0.25, -0.2) is 0 Å². The van der Waals surface area contributed by atoms with Gasteiger partial charge in [-0.1, -0.05) is 18.3 Å². The standard InChI is InChI=1S/C5H8S/c1-3-4-5(2)6/h3H,1,4H2,2H3. The maximum atomic E-state index is 4.72. The van der Waals surface area contributed by atoms with Crippen molar-refractivity contribution in [2.24, 2.45) is 0 Å². The van der Waals surface area contributed by atoms with Crippen LogP contribution in [0.2, 0.25) is 0 Å². The Bertz CT molecular complexity index is 64.3. The molecule has 34 valence electrons. The highest BCUT2D eigenvalue weighted by molar-refractivity contribution is 7.80. The van der Waals surface area contributed by atoms with Crippen LogP contribution in [-0.2, 0) is 0 Å². The molecule has 0 radical (unpaired) electrons. The highest BCUT2D eigenvalue weighted by atomic mass is 32.1. The Morgan fingerprint density at radius 1 is 2.00 bits per heavy atom. The van der Waals surface area contributed by atoms with Crippen LogP contribution in [0.4, 0.5) is 0 Å². The van der Waals surface area contributed by atoms with Crippen molar-refractivity contribution in [3.05, 3.63) is 12.7 Å². The third-order valence-electron chi connectivity index (χ3n) is 0.432. The van der Waals surface area contributed by atoms with E-state index in [0.29, 0.717) is 0 Å². The summed E-state index contributed by atoms with van der Waals surface area (Å²) in [5.41, 5.74) is 0. The first-order valence-corrected chi connectivity index (χ1v) is 2.28. The lowest BCUT2D eigenvalue weighted by molar-refractivity contribution is 1.52. The van der Waals surface area contributed by atoms with Crippen LogP contribution in [0.1, 0.15) is 13.3 Å². The molecule has 0 bridgehead atoms. The highest BCUT2D eigenvalue weighted by Gasteiger charge is 1.74. The molecule has 0 saturated carbocycles. The Morgan fingerprint density at radius 3 is 2.50 bits per heavy atom. The van der Waals surface area contributed by atoms with Gasteiger partial charge in [-0.15, -0.1) is 6.58 Å². The Morgan fingerprint density at radius 2 is 2.50 bits per heavy atom. The van der Waals surface area contributed by atoms with Crippen LogP contribution in [0, 0.1) is 0 Å². The van der Waals surface area contributed by atoms with Crippen molar-refractivity contribution in [2.45, 2.75) is 13.3 Å². The number of rotatable bonds is 2. The summed E-state index contributed by atoms with van der Waals surface area (Å²) < 4.78 is 0. The smallest absolute Gasteiger partial charge is 0.00390 e. The van der Waals surface area contributed by atoms with Crippen LogP contribution in [0.15, 0.2) is 12.7 Å². The minimum absolute atomic E-state index is 0.870. The first-order valence-electron chi connectivity index (χ1n) is 1.87. The summed E-state index contributed by atoms with van der Waals surface area (Å²) in [4.78, 5) is 1.00. The van der Waals surface area contributed by atoms with Crippen LogP contribution in [0.3, 0.4) is 0 Å². The molecule has 0 amide bonds. The number of hydrogen-bond donors (Lipinski definition) is 0. The van der Waals surface area contributed by atoms with E-state index in [4.69, 9.17) is 12.2 Å². The van der Waals surface area contributed by atoms with Crippen molar-refractivity contribution in [3.63, 3.8) is 0 Å². The monoisotopic (exact) mass is 100 g/mol. The Hall–Kier alpha value is -0.170. The van der Waals surface area contributed by atoms with E-state index < -0.39 is 0 Å². The van der Waals surface area contributed by atoms with Gasteiger partial charge in [0.05, 0.1) is 0 Å². The van der Waals surface area contributed by atoms with Gasteiger partial charge in [0.2, 0.25) is 0 Å². The van der Waals surface area contributed by atoms with E-state index in [1.807, 2.05) is 13.0 Å². The molecule has 0 saturated heterocycles. The van der Waals surface area contributed by atoms with Gasteiger partial charge in [0, 0.05) is 0 Å². The lowest BCUT2D eigenvalue weighted by Gasteiger charge is -1.79. The topological polar surface area (TPSA) is 0 Å². The first-order chi connectivity index (χ1) is 2.77. The fourth-order valence-electron chi connectivity index (χ4n) is 0.203. The zero-order valence-corrected chi connectivity index (χ0v) is 4.72. The Kier molecular flexibility index (Phi) is 2.95. The van der Waals surface area contributed by atoms with Gasteiger partial charge >= 0.3 is 0 Å². The molecule has 0 aromatic rings. The predicted molar refractivity (Wildman–Crippen MR) is 33.1 cm³/mol. The molecule has 0 rings (SSSR count). The minimum Gasteiger partial charge on any atom is -0.103 e. The average Bonchev–Trinajstić information content (AvgIpc) is 1.35. The lowest BCUT2D eigenvalue weighted by atomic mass is 10.3. The first kappa shape index (κ1) is 5.83. The van der Waals surface area contributed by atoms with E-state index in [9.17, 15) is 0 Å². The third-order valence-corrected chi connectivity index (χ3v) is 0.598. The zero-order valence-electron chi connectivity index (χ0n) is 3.90. The number of thiocarbonyl (C=S) groups is 1. The summed E-state index contributed by atoms with van der Waals surface area (Å²) in [6, 6.07) is 0. The maximum Gasteiger partial charge on any atom is -0.00390 e. The van der Waals surface area contributed by atoms with Gasteiger partial charge < -0.3 is 0 Å². The summed E-state index contributed by atoms with van der Waals surface area (Å²) >= 11 is 4.72. The second-order valence-electron chi connectivity index (χ2n) is 1.19. The molecule has 0 atom stereocenters. The van der Waals surface area contributed by atoms with Gasteiger partial charge in [-0.2, -0.15) is 0 Å². The van der Waals surface area contributed by atoms with E-state index in [-0.39, 0.29) is 0 Å². The van der Waals surface area contributed by atoms with Gasteiger partial charge in [-0.3, -0.25) is 0 Å². The molecule has 6 heavy (non-hydrogen) atoms. The molecule has 0 unspecified atom stereocenters. The van der Waals surface area contributed by atoms with Gasteiger partial charge in [0.1, 0.15) is 0 Å².